The van der Waals surface area contributed by atoms with Crippen LogP contribution >= 0.6 is 35.0 Å². The summed E-state index contributed by atoms with van der Waals surface area (Å²) in [5.41, 5.74) is 1.76. The molecule has 3 aromatic carbocycles. The highest BCUT2D eigenvalue weighted by Crippen LogP contribution is 2.36. The Morgan fingerprint density at radius 2 is 1.81 bits per heavy atom. The van der Waals surface area contributed by atoms with E-state index in [-0.39, 0.29) is 34.4 Å². The van der Waals surface area contributed by atoms with Crippen molar-refractivity contribution in [2.45, 2.75) is 16.6 Å². The number of aromatic amines is 1. The number of halogens is 2. The maximum Gasteiger partial charge on any atom is 0.339 e. The number of H-pyrrole nitrogens is 1. The molecule has 0 bridgehead atoms. The lowest BCUT2D eigenvalue weighted by Crippen LogP contribution is -2.31. The number of nitrogens with zero attached hydrogens (tertiary/aromatic N) is 1. The fourth-order valence-electron chi connectivity index (χ4n) is 4.00. The highest BCUT2D eigenvalue weighted by atomic mass is 35.5. The highest BCUT2D eigenvalue weighted by Gasteiger charge is 2.40. The standard InChI is InChI=1S/C27H18Cl2N2O5S/c28-19-8-6-16(11-20(19)29)22(32)14-36-27(35)18-3-1-2-4-23(18)37-24-13-25(33)31(26(24)34)17-7-5-15-9-10-30-21(15)12-17/h1-12,24,30H,13-14H2. The molecule has 1 aliphatic heterocycles. The number of amides is 2. The van der Waals surface area contributed by atoms with E-state index >= 15 is 0 Å². The lowest BCUT2D eigenvalue weighted by molar-refractivity contribution is -0.121. The fourth-order valence-corrected chi connectivity index (χ4v) is 5.47. The van der Waals surface area contributed by atoms with Gasteiger partial charge in [-0.2, -0.15) is 0 Å². The third-order valence-electron chi connectivity index (χ3n) is 5.85. The quantitative estimate of drug-likeness (QED) is 0.173. The van der Waals surface area contributed by atoms with Gasteiger partial charge in [-0.25, -0.2) is 9.69 Å². The molecule has 4 aromatic rings. The van der Waals surface area contributed by atoms with E-state index in [1.54, 1.807) is 42.6 Å². The lowest BCUT2D eigenvalue weighted by atomic mass is 10.1. The van der Waals surface area contributed by atoms with Crippen molar-refractivity contribution in [3.8, 4) is 0 Å². The van der Waals surface area contributed by atoms with E-state index in [0.29, 0.717) is 15.6 Å². The molecule has 1 unspecified atom stereocenters. The summed E-state index contributed by atoms with van der Waals surface area (Å²) in [6.45, 7) is -0.494. The van der Waals surface area contributed by atoms with Gasteiger partial charge in [0.05, 0.1) is 26.5 Å². The van der Waals surface area contributed by atoms with Crippen LogP contribution in [0.25, 0.3) is 10.9 Å². The van der Waals surface area contributed by atoms with Crippen LogP contribution in [0.2, 0.25) is 10.0 Å². The summed E-state index contributed by atoms with van der Waals surface area (Å²) >= 11 is 13.0. The number of rotatable bonds is 7. The number of fused-ring (bicyclic) bond motifs is 1. The minimum Gasteiger partial charge on any atom is -0.454 e. The summed E-state index contributed by atoms with van der Waals surface area (Å²) in [6.07, 6.45) is 1.78. The molecule has 1 N–H and O–H groups in total. The minimum atomic E-state index is -0.720. The molecule has 2 amide bonds. The van der Waals surface area contributed by atoms with Crippen LogP contribution in [0.5, 0.6) is 0 Å². The summed E-state index contributed by atoms with van der Waals surface area (Å²) in [4.78, 5) is 56.0. The van der Waals surface area contributed by atoms with Crippen molar-refractivity contribution >= 4 is 75.1 Å². The van der Waals surface area contributed by atoms with Crippen molar-refractivity contribution in [1.82, 2.24) is 4.98 Å². The number of nitrogens with one attached hydrogen (secondary N) is 1. The number of benzene rings is 3. The smallest absolute Gasteiger partial charge is 0.339 e. The number of ether oxygens (including phenoxy) is 1. The number of Topliss-reactive ketones (excluding diaryl/α,β-unsaturated/α-hetero) is 1. The Labute approximate surface area is 225 Å². The first kappa shape index (κ1) is 25.1. The van der Waals surface area contributed by atoms with Crippen LogP contribution in [0, 0.1) is 0 Å². The first-order valence-corrected chi connectivity index (χ1v) is 12.8. The molecule has 1 saturated heterocycles. The first-order valence-electron chi connectivity index (χ1n) is 11.2. The van der Waals surface area contributed by atoms with Crippen LogP contribution in [0.15, 0.2) is 77.8 Å². The number of aromatic nitrogens is 1. The molecule has 10 heteroatoms. The number of thioether (sulfide) groups is 1. The van der Waals surface area contributed by atoms with Crippen LogP contribution in [0.3, 0.4) is 0 Å². The van der Waals surface area contributed by atoms with Crippen LogP contribution in [0.4, 0.5) is 5.69 Å². The molecule has 1 aromatic heterocycles. The topological polar surface area (TPSA) is 96.5 Å². The average molecular weight is 553 g/mol. The monoisotopic (exact) mass is 552 g/mol. The highest BCUT2D eigenvalue weighted by molar-refractivity contribution is 8.00. The molecular formula is C27H18Cl2N2O5S. The van der Waals surface area contributed by atoms with Gasteiger partial charge in [-0.3, -0.25) is 14.4 Å². The van der Waals surface area contributed by atoms with E-state index in [2.05, 4.69) is 4.98 Å². The first-order chi connectivity index (χ1) is 17.8. The number of carbonyl (C=O) groups is 4. The molecule has 5 rings (SSSR count). The molecule has 0 radical (unpaired) electrons. The van der Waals surface area contributed by atoms with Gasteiger partial charge in [-0.05, 0) is 53.9 Å². The SMILES string of the molecule is O=C(COC(=O)c1ccccc1SC1CC(=O)N(c2ccc3cc[nH]c3c2)C1=O)c1ccc(Cl)c(Cl)c1. The number of hydrogen-bond acceptors (Lipinski definition) is 6. The number of ketones is 1. The number of hydrogen-bond donors (Lipinski definition) is 1. The van der Waals surface area contributed by atoms with Crippen molar-refractivity contribution in [2.24, 2.45) is 0 Å². The van der Waals surface area contributed by atoms with Gasteiger partial charge >= 0.3 is 5.97 Å². The molecule has 1 fully saturated rings. The Balaban J connectivity index is 1.29. The normalized spacial score (nSPS) is 15.4. The number of esters is 1. The van der Waals surface area contributed by atoms with Gasteiger partial charge in [0.15, 0.2) is 12.4 Å². The van der Waals surface area contributed by atoms with Crippen molar-refractivity contribution in [1.29, 1.82) is 0 Å². The van der Waals surface area contributed by atoms with E-state index in [9.17, 15) is 19.2 Å². The Morgan fingerprint density at radius 3 is 2.62 bits per heavy atom. The largest absolute Gasteiger partial charge is 0.454 e. The molecule has 7 nitrogen and oxygen atoms in total. The Morgan fingerprint density at radius 1 is 1.00 bits per heavy atom. The van der Waals surface area contributed by atoms with Crippen molar-refractivity contribution in [3.63, 3.8) is 0 Å². The molecule has 1 atom stereocenters. The Kier molecular flexibility index (Phi) is 7.06. The predicted molar refractivity (Wildman–Crippen MR) is 143 cm³/mol. The van der Waals surface area contributed by atoms with Crippen molar-refractivity contribution in [2.75, 3.05) is 11.5 Å². The molecule has 186 valence electrons. The van der Waals surface area contributed by atoms with Crippen LogP contribution in [-0.2, 0) is 14.3 Å². The van der Waals surface area contributed by atoms with Crippen LogP contribution in [0.1, 0.15) is 27.1 Å². The number of carbonyl (C=O) groups excluding carboxylic acids is 4. The molecular weight excluding hydrogens is 535 g/mol. The molecule has 37 heavy (non-hydrogen) atoms. The zero-order valence-electron chi connectivity index (χ0n) is 19.1. The summed E-state index contributed by atoms with van der Waals surface area (Å²) in [6, 6.07) is 18.2. The van der Waals surface area contributed by atoms with E-state index < -0.39 is 23.6 Å². The third kappa shape index (κ3) is 5.13. The maximum absolute atomic E-state index is 13.2. The lowest BCUT2D eigenvalue weighted by Gasteiger charge is -2.16. The van der Waals surface area contributed by atoms with Gasteiger partial charge in [-0.1, -0.05) is 41.4 Å². The van der Waals surface area contributed by atoms with Gasteiger partial charge in [0.1, 0.15) is 0 Å². The van der Waals surface area contributed by atoms with Crippen molar-refractivity contribution in [3.05, 3.63) is 94.1 Å². The van der Waals surface area contributed by atoms with Gasteiger partial charge in [0.25, 0.3) is 0 Å². The predicted octanol–water partition coefficient (Wildman–Crippen LogP) is 5.94. The van der Waals surface area contributed by atoms with Crippen molar-refractivity contribution < 1.29 is 23.9 Å². The second kappa shape index (κ2) is 10.4. The van der Waals surface area contributed by atoms with E-state index in [1.807, 2.05) is 12.1 Å². The fraction of sp³-hybridized carbons (Fsp3) is 0.111. The van der Waals surface area contributed by atoms with E-state index in [0.717, 1.165) is 22.7 Å². The van der Waals surface area contributed by atoms with E-state index in [4.69, 9.17) is 27.9 Å². The summed E-state index contributed by atoms with van der Waals surface area (Å²) < 4.78 is 5.25. The molecule has 0 aliphatic carbocycles. The van der Waals surface area contributed by atoms with E-state index in [1.165, 1.54) is 23.1 Å². The molecule has 0 saturated carbocycles. The Hall–Kier alpha value is -3.59. The zero-order valence-corrected chi connectivity index (χ0v) is 21.4. The maximum atomic E-state index is 13.2. The van der Waals surface area contributed by atoms with Gasteiger partial charge in [0, 0.05) is 28.6 Å². The molecule has 1 aliphatic rings. The molecule has 0 spiro atoms. The summed E-state index contributed by atoms with van der Waals surface area (Å²) in [5.74, 6) is -1.84. The van der Waals surface area contributed by atoms with Crippen LogP contribution in [-0.4, -0.2) is 40.4 Å². The zero-order chi connectivity index (χ0) is 26.1. The van der Waals surface area contributed by atoms with Gasteiger partial charge in [-0.15, -0.1) is 11.8 Å². The number of imide groups is 1. The Bertz CT molecular complexity index is 1570. The second-order valence-corrected chi connectivity index (χ2v) is 10.3. The summed E-state index contributed by atoms with van der Waals surface area (Å²) in [7, 11) is 0. The second-order valence-electron chi connectivity index (χ2n) is 8.25. The third-order valence-corrected chi connectivity index (χ3v) is 7.86. The average Bonchev–Trinajstić information content (AvgIpc) is 3.47. The minimum absolute atomic E-state index is 0.00847. The van der Waals surface area contributed by atoms with Crippen LogP contribution < -0.4 is 4.90 Å². The summed E-state index contributed by atoms with van der Waals surface area (Å²) in [5, 5.41) is 0.792. The number of anilines is 1. The van der Waals surface area contributed by atoms with Gasteiger partial charge < -0.3 is 9.72 Å². The van der Waals surface area contributed by atoms with Gasteiger partial charge in [0.2, 0.25) is 11.8 Å². The molecule has 2 heterocycles.